The molecule has 0 bridgehead atoms. The second kappa shape index (κ2) is 10.2. The maximum absolute atomic E-state index is 13.8. The third kappa shape index (κ3) is 4.63. The predicted molar refractivity (Wildman–Crippen MR) is 148 cm³/mol. The molecule has 5 aromatic rings. The smallest absolute Gasteiger partial charge is 0.242 e. The van der Waals surface area contributed by atoms with Gasteiger partial charge < -0.3 is 0 Å². The number of fused-ring (bicyclic) bond motifs is 2. The number of aryl methyl sites for hydroxylation is 2. The Morgan fingerprint density at radius 1 is 0.811 bits per heavy atom. The van der Waals surface area contributed by atoms with E-state index in [1.807, 2.05) is 82.3 Å². The Kier molecular flexibility index (Phi) is 6.47. The normalized spacial score (nSPS) is 12.5. The SMILES string of the molecule is O=C(CSc1nnc(-c2ccncc2)n1-c1ccc(Cl)cc1)N1c2ccccc2CCc2ccccc21. The van der Waals surface area contributed by atoms with Gasteiger partial charge in [0.25, 0.3) is 0 Å². The molecular weight excluding hydrogens is 502 g/mol. The fraction of sp³-hybridized carbons (Fsp3) is 0.103. The molecule has 0 spiro atoms. The first-order valence-corrected chi connectivity index (χ1v) is 13.3. The molecule has 8 heteroatoms. The maximum atomic E-state index is 13.8. The van der Waals surface area contributed by atoms with E-state index in [1.54, 1.807) is 12.4 Å². The summed E-state index contributed by atoms with van der Waals surface area (Å²) in [5.74, 6) is 0.859. The van der Waals surface area contributed by atoms with Crippen molar-refractivity contribution in [3.63, 3.8) is 0 Å². The number of benzene rings is 3. The Morgan fingerprint density at radius 2 is 1.43 bits per heavy atom. The molecule has 0 aliphatic carbocycles. The quantitative estimate of drug-likeness (QED) is 0.245. The maximum Gasteiger partial charge on any atom is 0.242 e. The summed E-state index contributed by atoms with van der Waals surface area (Å²) in [4.78, 5) is 19.8. The van der Waals surface area contributed by atoms with Gasteiger partial charge in [-0.25, -0.2) is 0 Å². The van der Waals surface area contributed by atoms with Crippen LogP contribution in [0.4, 0.5) is 11.4 Å². The Balaban J connectivity index is 1.36. The third-order valence-corrected chi connectivity index (χ3v) is 7.53. The van der Waals surface area contributed by atoms with Crippen LogP contribution >= 0.6 is 23.4 Å². The Morgan fingerprint density at radius 3 is 2.08 bits per heavy atom. The van der Waals surface area contributed by atoms with Gasteiger partial charge >= 0.3 is 0 Å². The lowest BCUT2D eigenvalue weighted by molar-refractivity contribution is -0.115. The molecule has 6 nitrogen and oxygen atoms in total. The van der Waals surface area contributed by atoms with Crippen LogP contribution < -0.4 is 4.90 Å². The summed E-state index contributed by atoms with van der Waals surface area (Å²) in [7, 11) is 0. The van der Waals surface area contributed by atoms with Gasteiger partial charge in [0.15, 0.2) is 11.0 Å². The second-order valence-electron chi connectivity index (χ2n) is 8.63. The molecule has 0 fully saturated rings. The lowest BCUT2D eigenvalue weighted by Gasteiger charge is -2.25. The van der Waals surface area contributed by atoms with Crippen molar-refractivity contribution in [2.24, 2.45) is 0 Å². The number of thioether (sulfide) groups is 1. The summed E-state index contributed by atoms with van der Waals surface area (Å²) in [5, 5.41) is 10.2. The fourth-order valence-corrected chi connectivity index (χ4v) is 5.54. The van der Waals surface area contributed by atoms with E-state index in [-0.39, 0.29) is 11.7 Å². The molecule has 2 aromatic heterocycles. The van der Waals surface area contributed by atoms with Gasteiger partial charge in [0, 0.05) is 28.7 Å². The van der Waals surface area contributed by atoms with Gasteiger partial charge in [0.1, 0.15) is 0 Å². The number of hydrogen-bond donors (Lipinski definition) is 0. The summed E-state index contributed by atoms with van der Waals surface area (Å²) < 4.78 is 1.95. The van der Waals surface area contributed by atoms with Crippen LogP contribution in [0.3, 0.4) is 0 Å². The number of para-hydroxylation sites is 2. The van der Waals surface area contributed by atoms with Crippen molar-refractivity contribution in [3.8, 4) is 17.1 Å². The average molecular weight is 524 g/mol. The highest BCUT2D eigenvalue weighted by molar-refractivity contribution is 7.99. The van der Waals surface area contributed by atoms with E-state index in [1.165, 1.54) is 22.9 Å². The molecular formula is C29H22ClN5OS. The van der Waals surface area contributed by atoms with Crippen molar-refractivity contribution < 1.29 is 4.79 Å². The van der Waals surface area contributed by atoms with Crippen molar-refractivity contribution in [3.05, 3.63) is 113 Å². The third-order valence-electron chi connectivity index (χ3n) is 6.36. The molecule has 3 heterocycles. The monoisotopic (exact) mass is 523 g/mol. The van der Waals surface area contributed by atoms with Crippen LogP contribution in [0.15, 0.2) is 102 Å². The Bertz CT molecular complexity index is 1520. The molecule has 0 saturated carbocycles. The van der Waals surface area contributed by atoms with E-state index in [0.29, 0.717) is 16.0 Å². The minimum absolute atomic E-state index is 0.0112. The van der Waals surface area contributed by atoms with E-state index in [9.17, 15) is 4.79 Å². The van der Waals surface area contributed by atoms with Crippen molar-refractivity contribution in [2.75, 3.05) is 10.7 Å². The molecule has 0 atom stereocenters. The summed E-state index contributed by atoms with van der Waals surface area (Å²) in [6, 6.07) is 27.6. The minimum Gasteiger partial charge on any atom is -0.280 e. The van der Waals surface area contributed by atoms with Gasteiger partial charge in [0.05, 0.1) is 17.1 Å². The van der Waals surface area contributed by atoms with Gasteiger partial charge in [-0.2, -0.15) is 0 Å². The van der Waals surface area contributed by atoms with Gasteiger partial charge in [-0.3, -0.25) is 19.2 Å². The molecule has 0 radical (unpaired) electrons. The molecule has 1 aliphatic heterocycles. The summed E-state index contributed by atoms with van der Waals surface area (Å²) >= 11 is 7.52. The number of anilines is 2. The number of rotatable bonds is 5. The zero-order valence-electron chi connectivity index (χ0n) is 19.8. The van der Waals surface area contributed by atoms with Crippen LogP contribution in [0.5, 0.6) is 0 Å². The van der Waals surface area contributed by atoms with Gasteiger partial charge in [0.2, 0.25) is 5.91 Å². The zero-order chi connectivity index (χ0) is 25.2. The van der Waals surface area contributed by atoms with Crippen LogP contribution in [-0.2, 0) is 17.6 Å². The molecule has 0 saturated heterocycles. The average Bonchev–Trinajstić information content (AvgIpc) is 3.29. The van der Waals surface area contributed by atoms with Gasteiger partial charge in [-0.1, -0.05) is 59.8 Å². The number of hydrogen-bond acceptors (Lipinski definition) is 5. The second-order valence-corrected chi connectivity index (χ2v) is 10.0. The Labute approximate surface area is 224 Å². The number of aromatic nitrogens is 4. The van der Waals surface area contributed by atoms with Gasteiger partial charge in [-0.15, -0.1) is 10.2 Å². The lowest BCUT2D eigenvalue weighted by atomic mass is 10.0. The molecule has 0 unspecified atom stereocenters. The van der Waals surface area contributed by atoms with E-state index >= 15 is 0 Å². The van der Waals surface area contributed by atoms with E-state index in [0.717, 1.165) is 35.5 Å². The summed E-state index contributed by atoms with van der Waals surface area (Å²) in [6.07, 6.45) is 5.23. The minimum atomic E-state index is -0.0112. The Hall–Kier alpha value is -3.94. The number of carbonyl (C=O) groups is 1. The topological polar surface area (TPSA) is 63.9 Å². The van der Waals surface area contributed by atoms with Gasteiger partial charge in [-0.05, 0) is 72.5 Å². The molecule has 1 amide bonds. The van der Waals surface area contributed by atoms with Crippen molar-refractivity contribution in [1.29, 1.82) is 0 Å². The molecule has 37 heavy (non-hydrogen) atoms. The van der Waals surface area contributed by atoms with E-state index in [2.05, 4.69) is 27.3 Å². The van der Waals surface area contributed by atoms with Crippen LogP contribution in [0.2, 0.25) is 5.02 Å². The number of halogens is 1. The van der Waals surface area contributed by atoms with Crippen LogP contribution in [0.1, 0.15) is 11.1 Å². The first-order chi connectivity index (χ1) is 18.2. The number of nitrogens with zero attached hydrogens (tertiary/aromatic N) is 5. The first kappa shape index (κ1) is 23.5. The van der Waals surface area contributed by atoms with Crippen molar-refractivity contribution >= 4 is 40.6 Å². The van der Waals surface area contributed by atoms with Crippen molar-refractivity contribution in [1.82, 2.24) is 19.7 Å². The number of carbonyl (C=O) groups excluding carboxylic acids is 1. The highest BCUT2D eigenvalue weighted by Gasteiger charge is 2.26. The zero-order valence-corrected chi connectivity index (χ0v) is 21.4. The molecule has 0 N–H and O–H groups in total. The number of pyridine rings is 1. The van der Waals surface area contributed by atoms with Crippen LogP contribution in [0, 0.1) is 0 Å². The highest BCUT2D eigenvalue weighted by Crippen LogP contribution is 2.37. The largest absolute Gasteiger partial charge is 0.280 e. The standard InChI is InChI=1S/C29H22ClN5OS/c30-23-11-13-24(14-12-23)34-28(22-15-17-31-18-16-22)32-33-29(34)37-19-27(36)35-25-7-3-1-5-20(25)9-10-21-6-2-4-8-26(21)35/h1-8,11-18H,9-10,19H2. The summed E-state index contributed by atoms with van der Waals surface area (Å²) in [5.41, 5.74) is 5.96. The van der Waals surface area contributed by atoms with Crippen LogP contribution in [-0.4, -0.2) is 31.4 Å². The molecule has 182 valence electrons. The van der Waals surface area contributed by atoms with E-state index < -0.39 is 0 Å². The summed E-state index contributed by atoms with van der Waals surface area (Å²) in [6.45, 7) is 0. The molecule has 6 rings (SSSR count). The fourth-order valence-electron chi connectivity index (χ4n) is 4.61. The first-order valence-electron chi connectivity index (χ1n) is 11.9. The lowest BCUT2D eigenvalue weighted by Crippen LogP contribution is -2.28. The highest BCUT2D eigenvalue weighted by atomic mass is 35.5. The van der Waals surface area contributed by atoms with E-state index in [4.69, 9.17) is 11.6 Å². The predicted octanol–water partition coefficient (Wildman–Crippen LogP) is 6.54. The molecule has 1 aliphatic rings. The van der Waals surface area contributed by atoms with Crippen molar-refractivity contribution in [2.45, 2.75) is 18.0 Å². The van der Waals surface area contributed by atoms with Crippen LogP contribution in [0.25, 0.3) is 17.1 Å². The number of amides is 1. The molecule has 3 aromatic carbocycles.